The van der Waals surface area contributed by atoms with Crippen LogP contribution in [0.15, 0.2) is 66.9 Å². The first-order valence-corrected chi connectivity index (χ1v) is 6.05. The molecule has 0 saturated heterocycles. The minimum atomic E-state index is 0.741. The van der Waals surface area contributed by atoms with Crippen molar-refractivity contribution in [2.75, 3.05) is 5.32 Å². The number of rotatable bonds is 3. The van der Waals surface area contributed by atoms with Crippen molar-refractivity contribution in [1.82, 2.24) is 4.98 Å². The molecule has 0 amide bonds. The fourth-order valence-electron chi connectivity index (χ4n) is 2.06. The van der Waals surface area contributed by atoms with E-state index in [1.54, 1.807) is 0 Å². The van der Waals surface area contributed by atoms with Crippen molar-refractivity contribution < 1.29 is 0 Å². The average Bonchev–Trinajstić information content (AvgIpc) is 2.46. The maximum absolute atomic E-state index is 4.46. The van der Waals surface area contributed by atoms with Crippen molar-refractivity contribution >= 4 is 16.5 Å². The normalized spacial score (nSPS) is 10.4. The van der Waals surface area contributed by atoms with Crippen LogP contribution in [-0.2, 0) is 6.54 Å². The van der Waals surface area contributed by atoms with E-state index in [1.165, 1.54) is 10.8 Å². The third kappa shape index (κ3) is 2.18. The number of pyridine rings is 1. The minimum absolute atomic E-state index is 0.741. The molecule has 88 valence electrons. The molecule has 0 atom stereocenters. The van der Waals surface area contributed by atoms with E-state index in [0.717, 1.165) is 17.9 Å². The maximum Gasteiger partial charge on any atom is 0.0672 e. The minimum Gasteiger partial charge on any atom is -0.379 e. The van der Waals surface area contributed by atoms with E-state index in [2.05, 4.69) is 46.7 Å². The molecule has 1 N–H and O–H groups in total. The second kappa shape index (κ2) is 4.88. The summed E-state index contributed by atoms with van der Waals surface area (Å²) >= 11 is 0. The molecule has 2 aromatic carbocycles. The molecule has 3 aromatic rings. The molecule has 2 heteroatoms. The Labute approximate surface area is 106 Å². The van der Waals surface area contributed by atoms with Crippen LogP contribution >= 0.6 is 0 Å². The Morgan fingerprint density at radius 2 is 1.61 bits per heavy atom. The predicted molar refractivity (Wildman–Crippen MR) is 75.5 cm³/mol. The van der Waals surface area contributed by atoms with E-state index in [1.807, 2.05) is 30.5 Å². The molecule has 0 aliphatic heterocycles. The van der Waals surface area contributed by atoms with Gasteiger partial charge in [0.1, 0.15) is 0 Å². The van der Waals surface area contributed by atoms with Gasteiger partial charge in [-0.15, -0.1) is 0 Å². The van der Waals surface area contributed by atoms with E-state index in [0.29, 0.717) is 0 Å². The largest absolute Gasteiger partial charge is 0.379 e. The monoisotopic (exact) mass is 234 g/mol. The summed E-state index contributed by atoms with van der Waals surface area (Å²) in [5.41, 5.74) is 2.20. The van der Waals surface area contributed by atoms with E-state index in [-0.39, 0.29) is 0 Å². The highest BCUT2D eigenvalue weighted by Crippen LogP contribution is 2.17. The highest BCUT2D eigenvalue weighted by atomic mass is 14.9. The van der Waals surface area contributed by atoms with Gasteiger partial charge in [0.05, 0.1) is 12.2 Å². The number of benzene rings is 2. The van der Waals surface area contributed by atoms with Crippen molar-refractivity contribution in [3.8, 4) is 0 Å². The van der Waals surface area contributed by atoms with Gasteiger partial charge in [0, 0.05) is 17.3 Å². The lowest BCUT2D eigenvalue weighted by molar-refractivity contribution is 1.07. The Bertz CT molecular complexity index is 642. The maximum atomic E-state index is 4.46. The number of nitrogens with zero attached hydrogens (tertiary/aromatic N) is 1. The van der Waals surface area contributed by atoms with Gasteiger partial charge in [-0.2, -0.15) is 0 Å². The third-order valence-corrected chi connectivity index (χ3v) is 2.99. The molecular weight excluding hydrogens is 220 g/mol. The SMILES string of the molecule is c1ccc(NCc2nccc3ccccc23)cc1. The Kier molecular flexibility index (Phi) is 2.92. The first kappa shape index (κ1) is 10.8. The third-order valence-electron chi connectivity index (χ3n) is 2.99. The number of hydrogen-bond acceptors (Lipinski definition) is 2. The van der Waals surface area contributed by atoms with E-state index in [4.69, 9.17) is 0 Å². The van der Waals surface area contributed by atoms with E-state index < -0.39 is 0 Å². The zero-order valence-corrected chi connectivity index (χ0v) is 10.0. The summed E-state index contributed by atoms with van der Waals surface area (Å²) in [6.07, 6.45) is 1.87. The second-order valence-electron chi connectivity index (χ2n) is 4.20. The molecule has 1 heterocycles. The van der Waals surface area contributed by atoms with Crippen LogP contribution in [0.3, 0.4) is 0 Å². The lowest BCUT2D eigenvalue weighted by Gasteiger charge is -2.08. The molecule has 0 aliphatic rings. The summed E-state index contributed by atoms with van der Waals surface area (Å²) in [7, 11) is 0. The van der Waals surface area contributed by atoms with Crippen LogP contribution in [-0.4, -0.2) is 4.98 Å². The number of nitrogens with one attached hydrogen (secondary N) is 1. The van der Waals surface area contributed by atoms with Crippen molar-refractivity contribution in [3.05, 3.63) is 72.6 Å². The molecule has 0 aliphatic carbocycles. The molecular formula is C16H14N2. The Morgan fingerprint density at radius 1 is 0.833 bits per heavy atom. The fraction of sp³-hybridized carbons (Fsp3) is 0.0625. The highest BCUT2D eigenvalue weighted by molar-refractivity contribution is 5.84. The quantitative estimate of drug-likeness (QED) is 0.744. The van der Waals surface area contributed by atoms with E-state index in [9.17, 15) is 0 Å². The second-order valence-corrected chi connectivity index (χ2v) is 4.20. The summed E-state index contributed by atoms with van der Waals surface area (Å²) in [6.45, 7) is 0.741. The van der Waals surface area contributed by atoms with Gasteiger partial charge in [0.2, 0.25) is 0 Å². The summed E-state index contributed by atoms with van der Waals surface area (Å²) in [6, 6.07) is 20.6. The van der Waals surface area contributed by atoms with Crippen LogP contribution < -0.4 is 5.32 Å². The molecule has 0 spiro atoms. The van der Waals surface area contributed by atoms with Crippen molar-refractivity contribution in [2.45, 2.75) is 6.54 Å². The summed E-state index contributed by atoms with van der Waals surface area (Å²) in [4.78, 5) is 4.46. The number of aromatic nitrogens is 1. The molecule has 0 radical (unpaired) electrons. The zero-order valence-electron chi connectivity index (χ0n) is 10.0. The van der Waals surface area contributed by atoms with Crippen LogP contribution in [0.5, 0.6) is 0 Å². The van der Waals surface area contributed by atoms with Crippen LogP contribution in [0.4, 0.5) is 5.69 Å². The number of fused-ring (bicyclic) bond motifs is 1. The molecule has 18 heavy (non-hydrogen) atoms. The number of hydrogen-bond donors (Lipinski definition) is 1. The van der Waals surface area contributed by atoms with Gasteiger partial charge in [0.15, 0.2) is 0 Å². The van der Waals surface area contributed by atoms with Gasteiger partial charge in [-0.3, -0.25) is 4.98 Å². The molecule has 0 saturated carbocycles. The molecule has 0 bridgehead atoms. The Hall–Kier alpha value is -2.35. The standard InChI is InChI=1S/C16H14N2/c1-2-7-14(8-3-1)18-12-16-15-9-5-4-6-13(15)10-11-17-16/h1-11,18H,12H2. The van der Waals surface area contributed by atoms with Crippen LogP contribution in [0, 0.1) is 0 Å². The van der Waals surface area contributed by atoms with Crippen molar-refractivity contribution in [2.24, 2.45) is 0 Å². The Balaban J connectivity index is 1.87. The molecule has 0 unspecified atom stereocenters. The summed E-state index contributed by atoms with van der Waals surface area (Å²) in [5.74, 6) is 0. The molecule has 3 rings (SSSR count). The summed E-state index contributed by atoms with van der Waals surface area (Å²) in [5, 5.41) is 5.84. The zero-order chi connectivity index (χ0) is 12.2. The van der Waals surface area contributed by atoms with Crippen molar-refractivity contribution in [3.63, 3.8) is 0 Å². The first-order valence-electron chi connectivity index (χ1n) is 6.05. The lowest BCUT2D eigenvalue weighted by Crippen LogP contribution is -2.01. The van der Waals surface area contributed by atoms with Gasteiger partial charge in [-0.25, -0.2) is 0 Å². The molecule has 0 fully saturated rings. The van der Waals surface area contributed by atoms with Crippen molar-refractivity contribution in [1.29, 1.82) is 0 Å². The van der Waals surface area contributed by atoms with E-state index >= 15 is 0 Å². The molecule has 1 aromatic heterocycles. The number of anilines is 1. The van der Waals surface area contributed by atoms with Gasteiger partial charge in [0.25, 0.3) is 0 Å². The first-order chi connectivity index (χ1) is 8.93. The van der Waals surface area contributed by atoms with Gasteiger partial charge >= 0.3 is 0 Å². The molecule has 2 nitrogen and oxygen atoms in total. The van der Waals surface area contributed by atoms with Crippen LogP contribution in [0.1, 0.15) is 5.69 Å². The Morgan fingerprint density at radius 3 is 2.50 bits per heavy atom. The number of para-hydroxylation sites is 1. The van der Waals surface area contributed by atoms with Crippen LogP contribution in [0.2, 0.25) is 0 Å². The van der Waals surface area contributed by atoms with Gasteiger partial charge < -0.3 is 5.32 Å². The average molecular weight is 234 g/mol. The van der Waals surface area contributed by atoms with Crippen LogP contribution in [0.25, 0.3) is 10.8 Å². The topological polar surface area (TPSA) is 24.9 Å². The highest BCUT2D eigenvalue weighted by Gasteiger charge is 2.01. The lowest BCUT2D eigenvalue weighted by atomic mass is 10.1. The van der Waals surface area contributed by atoms with Gasteiger partial charge in [-0.1, -0.05) is 42.5 Å². The summed E-state index contributed by atoms with van der Waals surface area (Å²) < 4.78 is 0. The fourth-order valence-corrected chi connectivity index (χ4v) is 2.06. The predicted octanol–water partition coefficient (Wildman–Crippen LogP) is 3.85. The van der Waals surface area contributed by atoms with Gasteiger partial charge in [-0.05, 0) is 23.6 Å². The smallest absolute Gasteiger partial charge is 0.0672 e.